The number of hydrogen-bond acceptors (Lipinski definition) is 3. The Bertz CT molecular complexity index is 441. The lowest BCUT2D eigenvalue weighted by Gasteiger charge is -2.20. The van der Waals surface area contributed by atoms with E-state index in [-0.39, 0.29) is 18.4 Å². The second-order valence-electron chi connectivity index (χ2n) is 4.72. The highest BCUT2D eigenvalue weighted by Crippen LogP contribution is 2.17. The van der Waals surface area contributed by atoms with Crippen LogP contribution in [0.3, 0.4) is 0 Å². The van der Waals surface area contributed by atoms with Crippen LogP contribution in [-0.4, -0.2) is 29.6 Å². The summed E-state index contributed by atoms with van der Waals surface area (Å²) in [6, 6.07) is 8.52. The number of aliphatic carboxylic acids is 1. The van der Waals surface area contributed by atoms with Crippen molar-refractivity contribution in [1.29, 1.82) is 0 Å². The van der Waals surface area contributed by atoms with Crippen molar-refractivity contribution in [3.05, 3.63) is 35.9 Å². The smallest absolute Gasteiger partial charge is 0.305 e. The monoisotopic (exact) mass is 262 g/mol. The maximum atomic E-state index is 12.0. The van der Waals surface area contributed by atoms with E-state index in [1.807, 2.05) is 30.3 Å². The molecule has 0 saturated carbocycles. The van der Waals surface area contributed by atoms with E-state index in [0.717, 1.165) is 24.9 Å². The Labute approximate surface area is 112 Å². The minimum Gasteiger partial charge on any atom is -0.481 e. The molecule has 1 aromatic rings. The van der Waals surface area contributed by atoms with Gasteiger partial charge in [0.25, 0.3) is 0 Å². The van der Waals surface area contributed by atoms with E-state index in [1.165, 1.54) is 0 Å². The lowest BCUT2D eigenvalue weighted by Crippen LogP contribution is -2.42. The number of benzene rings is 1. The van der Waals surface area contributed by atoms with Gasteiger partial charge in [0.05, 0.1) is 18.5 Å². The van der Waals surface area contributed by atoms with E-state index in [4.69, 9.17) is 5.11 Å². The summed E-state index contributed by atoms with van der Waals surface area (Å²) in [5.41, 5.74) is 0.816. The SMILES string of the molecule is O=C(O)CC(NC(=O)C1CCCN1)c1ccccc1. The summed E-state index contributed by atoms with van der Waals surface area (Å²) >= 11 is 0. The van der Waals surface area contributed by atoms with Gasteiger partial charge in [0, 0.05) is 0 Å². The van der Waals surface area contributed by atoms with Gasteiger partial charge in [-0.2, -0.15) is 0 Å². The van der Waals surface area contributed by atoms with Gasteiger partial charge in [-0.1, -0.05) is 30.3 Å². The Balaban J connectivity index is 2.05. The van der Waals surface area contributed by atoms with Gasteiger partial charge in [0.1, 0.15) is 0 Å². The molecule has 2 rings (SSSR count). The van der Waals surface area contributed by atoms with Crippen molar-refractivity contribution in [2.24, 2.45) is 0 Å². The number of amides is 1. The predicted molar refractivity (Wildman–Crippen MR) is 70.6 cm³/mol. The summed E-state index contributed by atoms with van der Waals surface area (Å²) < 4.78 is 0. The zero-order chi connectivity index (χ0) is 13.7. The van der Waals surface area contributed by atoms with Crippen molar-refractivity contribution >= 4 is 11.9 Å². The fourth-order valence-corrected chi connectivity index (χ4v) is 2.29. The predicted octanol–water partition coefficient (Wildman–Crippen LogP) is 1.07. The fourth-order valence-electron chi connectivity index (χ4n) is 2.29. The van der Waals surface area contributed by atoms with Gasteiger partial charge in [-0.25, -0.2) is 0 Å². The van der Waals surface area contributed by atoms with Crippen molar-refractivity contribution in [2.75, 3.05) is 6.54 Å². The first-order valence-corrected chi connectivity index (χ1v) is 6.47. The third kappa shape index (κ3) is 3.79. The Morgan fingerprint density at radius 1 is 1.37 bits per heavy atom. The van der Waals surface area contributed by atoms with Gasteiger partial charge < -0.3 is 15.7 Å². The van der Waals surface area contributed by atoms with E-state index in [2.05, 4.69) is 10.6 Å². The molecule has 19 heavy (non-hydrogen) atoms. The van der Waals surface area contributed by atoms with Crippen LogP contribution in [0.4, 0.5) is 0 Å². The van der Waals surface area contributed by atoms with E-state index in [1.54, 1.807) is 0 Å². The molecule has 102 valence electrons. The summed E-state index contributed by atoms with van der Waals surface area (Å²) in [5.74, 6) is -1.04. The molecule has 1 aromatic carbocycles. The standard InChI is InChI=1S/C14H18N2O3/c17-13(18)9-12(10-5-2-1-3-6-10)16-14(19)11-7-4-8-15-11/h1-3,5-6,11-12,15H,4,7-9H2,(H,16,19)(H,17,18). The second-order valence-corrected chi connectivity index (χ2v) is 4.72. The molecule has 0 radical (unpaired) electrons. The molecule has 1 heterocycles. The lowest BCUT2D eigenvalue weighted by molar-refractivity contribution is -0.137. The maximum Gasteiger partial charge on any atom is 0.305 e. The highest BCUT2D eigenvalue weighted by atomic mass is 16.4. The summed E-state index contributed by atoms with van der Waals surface area (Å²) in [5, 5.41) is 14.9. The molecule has 1 aliphatic rings. The molecule has 5 heteroatoms. The molecular formula is C14H18N2O3. The molecule has 2 unspecified atom stereocenters. The van der Waals surface area contributed by atoms with Crippen LogP contribution in [0.15, 0.2) is 30.3 Å². The fraction of sp³-hybridized carbons (Fsp3) is 0.429. The summed E-state index contributed by atoms with van der Waals surface area (Å²) in [6.45, 7) is 0.840. The number of rotatable bonds is 5. The molecule has 1 amide bonds. The van der Waals surface area contributed by atoms with E-state index < -0.39 is 12.0 Å². The third-order valence-electron chi connectivity index (χ3n) is 3.27. The second kappa shape index (κ2) is 6.33. The first-order chi connectivity index (χ1) is 9.16. The molecule has 0 spiro atoms. The van der Waals surface area contributed by atoms with E-state index >= 15 is 0 Å². The molecule has 0 aromatic heterocycles. The number of carboxylic acids is 1. The van der Waals surface area contributed by atoms with Crippen LogP contribution in [-0.2, 0) is 9.59 Å². The van der Waals surface area contributed by atoms with Crippen molar-refractivity contribution in [1.82, 2.24) is 10.6 Å². The zero-order valence-electron chi connectivity index (χ0n) is 10.6. The van der Waals surface area contributed by atoms with Crippen LogP contribution >= 0.6 is 0 Å². The van der Waals surface area contributed by atoms with E-state index in [9.17, 15) is 9.59 Å². The highest BCUT2D eigenvalue weighted by molar-refractivity contribution is 5.83. The average Bonchev–Trinajstić information content (AvgIpc) is 2.92. The maximum absolute atomic E-state index is 12.0. The van der Waals surface area contributed by atoms with Gasteiger partial charge in [0.2, 0.25) is 5.91 Å². The molecule has 1 saturated heterocycles. The number of carbonyl (C=O) groups excluding carboxylic acids is 1. The first-order valence-electron chi connectivity index (χ1n) is 6.47. The van der Waals surface area contributed by atoms with Crippen LogP contribution in [0.1, 0.15) is 30.9 Å². The lowest BCUT2D eigenvalue weighted by atomic mass is 10.0. The highest BCUT2D eigenvalue weighted by Gasteiger charge is 2.25. The Hall–Kier alpha value is -1.88. The topological polar surface area (TPSA) is 78.4 Å². The summed E-state index contributed by atoms with van der Waals surface area (Å²) in [7, 11) is 0. The van der Waals surface area contributed by atoms with Crippen LogP contribution in [0.25, 0.3) is 0 Å². The number of carbonyl (C=O) groups is 2. The van der Waals surface area contributed by atoms with Crippen molar-refractivity contribution in [3.63, 3.8) is 0 Å². The average molecular weight is 262 g/mol. The Morgan fingerprint density at radius 3 is 2.68 bits per heavy atom. The van der Waals surface area contributed by atoms with Crippen LogP contribution in [0, 0.1) is 0 Å². The molecule has 0 aliphatic carbocycles. The van der Waals surface area contributed by atoms with Gasteiger partial charge in [0.15, 0.2) is 0 Å². The third-order valence-corrected chi connectivity index (χ3v) is 3.27. The number of carboxylic acid groups (broad SMARTS) is 1. The van der Waals surface area contributed by atoms with Crippen molar-refractivity contribution in [2.45, 2.75) is 31.3 Å². The molecule has 5 nitrogen and oxygen atoms in total. The molecular weight excluding hydrogens is 244 g/mol. The van der Waals surface area contributed by atoms with Crippen LogP contribution in [0.5, 0.6) is 0 Å². The first kappa shape index (κ1) is 13.5. The van der Waals surface area contributed by atoms with Gasteiger partial charge in [-0.3, -0.25) is 9.59 Å². The Morgan fingerprint density at radius 2 is 2.11 bits per heavy atom. The van der Waals surface area contributed by atoms with E-state index in [0.29, 0.717) is 0 Å². The molecule has 1 fully saturated rings. The largest absolute Gasteiger partial charge is 0.481 e. The normalized spacial score (nSPS) is 19.9. The zero-order valence-corrected chi connectivity index (χ0v) is 10.6. The summed E-state index contributed by atoms with van der Waals surface area (Å²) in [4.78, 5) is 23.0. The van der Waals surface area contributed by atoms with Crippen LogP contribution in [0.2, 0.25) is 0 Å². The van der Waals surface area contributed by atoms with Gasteiger partial charge >= 0.3 is 5.97 Å². The molecule has 2 atom stereocenters. The minimum atomic E-state index is -0.923. The summed E-state index contributed by atoms with van der Waals surface area (Å²) in [6.07, 6.45) is 1.68. The Kier molecular flexibility index (Phi) is 4.52. The quantitative estimate of drug-likeness (QED) is 0.741. The van der Waals surface area contributed by atoms with Crippen molar-refractivity contribution in [3.8, 4) is 0 Å². The molecule has 1 aliphatic heterocycles. The minimum absolute atomic E-state index is 0.109. The van der Waals surface area contributed by atoms with Gasteiger partial charge in [-0.15, -0.1) is 0 Å². The number of nitrogens with one attached hydrogen (secondary N) is 2. The molecule has 0 bridgehead atoms. The molecule has 3 N–H and O–H groups in total. The number of hydrogen-bond donors (Lipinski definition) is 3. The van der Waals surface area contributed by atoms with Crippen LogP contribution < -0.4 is 10.6 Å². The van der Waals surface area contributed by atoms with Gasteiger partial charge in [-0.05, 0) is 24.9 Å². The van der Waals surface area contributed by atoms with Crippen molar-refractivity contribution < 1.29 is 14.7 Å².